The smallest absolute Gasteiger partial charge is 0.387 e. The number of nitrogens with zero attached hydrogens (tertiary/aromatic N) is 1. The highest BCUT2D eigenvalue weighted by Crippen LogP contribution is 2.29. The van der Waals surface area contributed by atoms with Crippen LogP contribution in [0.5, 0.6) is 5.75 Å². The number of likely N-dealkylation sites (tertiary alicyclic amines) is 1. The molecule has 2 aromatic carbocycles. The van der Waals surface area contributed by atoms with E-state index >= 15 is 0 Å². The molecular weight excluding hydrogens is 423 g/mol. The molecule has 156 valence electrons. The topological polar surface area (TPSA) is 53.6 Å². The van der Waals surface area contributed by atoms with E-state index in [0.29, 0.717) is 5.69 Å². The van der Waals surface area contributed by atoms with E-state index in [1.165, 1.54) is 23.8 Å². The minimum atomic E-state index is -2.96. The zero-order chi connectivity index (χ0) is 20.8. The van der Waals surface area contributed by atoms with Gasteiger partial charge in [-0.05, 0) is 48.7 Å². The normalized spacial score (nSPS) is 15.3. The number of urea groups is 1. The number of ether oxygens (including phenoxy) is 1. The highest BCUT2D eigenvalue weighted by molar-refractivity contribution is 6.32. The van der Waals surface area contributed by atoms with Crippen molar-refractivity contribution in [3.8, 4) is 5.75 Å². The van der Waals surface area contributed by atoms with Crippen LogP contribution in [0.4, 0.5) is 19.3 Å². The molecule has 0 saturated carbocycles. The van der Waals surface area contributed by atoms with Crippen LogP contribution in [0.2, 0.25) is 10.0 Å². The quantitative estimate of drug-likeness (QED) is 0.629. The fourth-order valence-corrected chi connectivity index (χ4v) is 3.56. The van der Waals surface area contributed by atoms with Crippen LogP contribution in [0.25, 0.3) is 0 Å². The van der Waals surface area contributed by atoms with Crippen LogP contribution < -0.4 is 15.4 Å². The number of rotatable bonds is 6. The van der Waals surface area contributed by atoms with Crippen molar-refractivity contribution in [1.29, 1.82) is 0 Å². The molecule has 0 radical (unpaired) electrons. The van der Waals surface area contributed by atoms with Crippen LogP contribution in [-0.4, -0.2) is 36.7 Å². The number of piperidine rings is 1. The van der Waals surface area contributed by atoms with Crippen molar-refractivity contribution in [2.45, 2.75) is 32.0 Å². The largest absolute Gasteiger partial charge is 0.433 e. The summed E-state index contributed by atoms with van der Waals surface area (Å²) in [5.74, 6) is -0.138. The third-order valence-electron chi connectivity index (χ3n) is 4.65. The number of halogens is 4. The Hall–Kier alpha value is -2.09. The molecule has 29 heavy (non-hydrogen) atoms. The first-order chi connectivity index (χ1) is 13.9. The molecule has 2 N–H and O–H groups in total. The fourth-order valence-electron chi connectivity index (χ4n) is 3.21. The molecule has 1 heterocycles. The van der Waals surface area contributed by atoms with Gasteiger partial charge in [-0.1, -0.05) is 35.3 Å². The number of anilines is 1. The summed E-state index contributed by atoms with van der Waals surface area (Å²) in [6.45, 7) is -0.361. The van der Waals surface area contributed by atoms with Gasteiger partial charge in [0.25, 0.3) is 0 Å². The van der Waals surface area contributed by atoms with Gasteiger partial charge in [0.05, 0.1) is 5.02 Å². The first kappa shape index (κ1) is 21.6. The summed E-state index contributed by atoms with van der Waals surface area (Å²) in [4.78, 5) is 14.6. The van der Waals surface area contributed by atoms with E-state index < -0.39 is 6.61 Å². The van der Waals surface area contributed by atoms with Crippen molar-refractivity contribution in [3.63, 3.8) is 0 Å². The fraction of sp³-hybridized carbons (Fsp3) is 0.350. The number of amides is 2. The highest BCUT2D eigenvalue weighted by Gasteiger charge is 2.21. The van der Waals surface area contributed by atoms with Crippen molar-refractivity contribution in [1.82, 2.24) is 10.2 Å². The van der Waals surface area contributed by atoms with Crippen molar-refractivity contribution in [2.75, 3.05) is 18.4 Å². The molecule has 0 atom stereocenters. The summed E-state index contributed by atoms with van der Waals surface area (Å²) in [6, 6.07) is 11.6. The monoisotopic (exact) mass is 443 g/mol. The van der Waals surface area contributed by atoms with E-state index in [2.05, 4.69) is 20.3 Å². The van der Waals surface area contributed by atoms with Gasteiger partial charge in [-0.3, -0.25) is 4.90 Å². The average Bonchev–Trinajstić information content (AvgIpc) is 2.67. The molecule has 9 heteroatoms. The Morgan fingerprint density at radius 3 is 2.45 bits per heavy atom. The molecular formula is C20H21Cl2F2N3O2. The number of benzene rings is 2. The average molecular weight is 444 g/mol. The second kappa shape index (κ2) is 10.1. The van der Waals surface area contributed by atoms with Crippen molar-refractivity contribution < 1.29 is 18.3 Å². The predicted molar refractivity (Wildman–Crippen MR) is 110 cm³/mol. The Bertz CT molecular complexity index is 829. The minimum Gasteiger partial charge on any atom is -0.433 e. The maximum absolute atomic E-state index is 12.3. The van der Waals surface area contributed by atoms with Gasteiger partial charge in [-0.2, -0.15) is 8.78 Å². The first-order valence-corrected chi connectivity index (χ1v) is 9.93. The van der Waals surface area contributed by atoms with E-state index in [1.54, 1.807) is 0 Å². The Labute approximate surface area is 177 Å². The number of hydrogen-bond acceptors (Lipinski definition) is 3. The van der Waals surface area contributed by atoms with Crippen LogP contribution in [0, 0.1) is 0 Å². The van der Waals surface area contributed by atoms with Crippen LogP contribution in [0.1, 0.15) is 18.4 Å². The number of alkyl halides is 2. The summed E-state index contributed by atoms with van der Waals surface area (Å²) < 4.78 is 28.8. The summed E-state index contributed by atoms with van der Waals surface area (Å²) in [5, 5.41) is 6.32. The van der Waals surface area contributed by atoms with Gasteiger partial charge in [0.2, 0.25) is 0 Å². The van der Waals surface area contributed by atoms with Crippen LogP contribution in [0.15, 0.2) is 42.5 Å². The molecule has 2 amide bonds. The van der Waals surface area contributed by atoms with Gasteiger partial charge >= 0.3 is 12.6 Å². The van der Waals surface area contributed by atoms with Crippen molar-refractivity contribution in [2.24, 2.45) is 0 Å². The summed E-state index contributed by atoms with van der Waals surface area (Å²) in [5.41, 5.74) is 1.60. The minimum absolute atomic E-state index is 0.00129. The molecule has 0 unspecified atom stereocenters. The van der Waals surface area contributed by atoms with Crippen LogP contribution in [0.3, 0.4) is 0 Å². The van der Waals surface area contributed by atoms with E-state index in [1.807, 2.05) is 24.3 Å². The number of nitrogens with one attached hydrogen (secondary N) is 2. The van der Waals surface area contributed by atoms with Crippen molar-refractivity contribution >= 4 is 34.9 Å². The molecule has 0 spiro atoms. The molecule has 1 aliphatic rings. The number of hydrogen-bond donors (Lipinski definition) is 2. The Balaban J connectivity index is 1.43. The SMILES string of the molecule is O=C(Nc1ccc(OC(F)F)c(Cl)c1)NC1CCN(Cc2ccc(Cl)cc2)CC1. The lowest BCUT2D eigenvalue weighted by Gasteiger charge is -2.32. The predicted octanol–water partition coefficient (Wildman–Crippen LogP) is 5.38. The van der Waals surface area contributed by atoms with Gasteiger partial charge in [0.15, 0.2) is 0 Å². The molecule has 5 nitrogen and oxygen atoms in total. The summed E-state index contributed by atoms with van der Waals surface area (Å²) in [7, 11) is 0. The van der Waals surface area contributed by atoms with Gasteiger partial charge in [0, 0.05) is 36.4 Å². The third-order valence-corrected chi connectivity index (χ3v) is 5.20. The standard InChI is InChI=1S/C20H21Cl2F2N3O2/c21-14-3-1-13(2-4-14)12-27-9-7-15(8-10-27)25-20(28)26-16-5-6-18(17(22)11-16)29-19(23)24/h1-6,11,15,19H,7-10,12H2,(H2,25,26,28). The molecule has 1 fully saturated rings. The number of carbonyl (C=O) groups excluding carboxylic acids is 1. The maximum Gasteiger partial charge on any atom is 0.387 e. The lowest BCUT2D eigenvalue weighted by molar-refractivity contribution is -0.0497. The Morgan fingerprint density at radius 1 is 1.14 bits per heavy atom. The van der Waals surface area contributed by atoms with E-state index in [9.17, 15) is 13.6 Å². The second-order valence-electron chi connectivity index (χ2n) is 6.80. The molecule has 2 aromatic rings. The molecule has 0 aromatic heterocycles. The third kappa shape index (κ3) is 6.73. The molecule has 3 rings (SSSR count). The maximum atomic E-state index is 12.3. The molecule has 0 aliphatic carbocycles. The van der Waals surface area contributed by atoms with Gasteiger partial charge < -0.3 is 15.4 Å². The summed E-state index contributed by atoms with van der Waals surface area (Å²) >= 11 is 11.8. The first-order valence-electron chi connectivity index (χ1n) is 9.18. The van der Waals surface area contributed by atoms with Gasteiger partial charge in [-0.15, -0.1) is 0 Å². The lowest BCUT2D eigenvalue weighted by Crippen LogP contribution is -2.45. The number of carbonyl (C=O) groups is 1. The second-order valence-corrected chi connectivity index (χ2v) is 7.64. The zero-order valence-electron chi connectivity index (χ0n) is 15.5. The van der Waals surface area contributed by atoms with Gasteiger partial charge in [0.1, 0.15) is 5.75 Å². The van der Waals surface area contributed by atoms with Crippen LogP contribution >= 0.6 is 23.2 Å². The van der Waals surface area contributed by atoms with E-state index in [4.69, 9.17) is 23.2 Å². The van der Waals surface area contributed by atoms with Crippen LogP contribution in [-0.2, 0) is 6.54 Å². The van der Waals surface area contributed by atoms with E-state index in [-0.39, 0.29) is 22.8 Å². The van der Waals surface area contributed by atoms with E-state index in [0.717, 1.165) is 37.5 Å². The highest BCUT2D eigenvalue weighted by atomic mass is 35.5. The molecule has 1 aliphatic heterocycles. The van der Waals surface area contributed by atoms with Gasteiger partial charge in [-0.25, -0.2) is 4.79 Å². The Morgan fingerprint density at radius 2 is 1.83 bits per heavy atom. The van der Waals surface area contributed by atoms with Crippen molar-refractivity contribution in [3.05, 3.63) is 58.1 Å². The molecule has 0 bridgehead atoms. The summed E-state index contributed by atoms with van der Waals surface area (Å²) in [6.07, 6.45) is 1.67. The Kier molecular flexibility index (Phi) is 7.52. The lowest BCUT2D eigenvalue weighted by atomic mass is 10.0. The zero-order valence-corrected chi connectivity index (χ0v) is 17.0. The molecule has 1 saturated heterocycles.